The lowest BCUT2D eigenvalue weighted by molar-refractivity contribution is 0.324. The van der Waals surface area contributed by atoms with Crippen LogP contribution < -0.4 is 14.2 Å². The molecule has 0 spiro atoms. The van der Waals surface area contributed by atoms with Crippen molar-refractivity contribution in [3.8, 4) is 28.5 Å². The summed E-state index contributed by atoms with van der Waals surface area (Å²) in [6.45, 7) is 0. The molecule has 0 unspecified atom stereocenters. The zero-order chi connectivity index (χ0) is 20.1. The smallest absolute Gasteiger partial charge is 0.203 e. The number of nitrogens with zero attached hydrogens (tertiary/aromatic N) is 2. The summed E-state index contributed by atoms with van der Waals surface area (Å²) in [5.41, 5.74) is 1.92. The third kappa shape index (κ3) is 4.51. The van der Waals surface area contributed by atoms with Gasteiger partial charge in [-0.1, -0.05) is 11.8 Å². The van der Waals surface area contributed by atoms with Crippen molar-refractivity contribution < 1.29 is 23.0 Å². The molecule has 0 bridgehead atoms. The first-order valence-electron chi connectivity index (χ1n) is 8.26. The largest absolute Gasteiger partial charge is 0.493 e. The average molecular weight is 404 g/mol. The van der Waals surface area contributed by atoms with E-state index in [0.29, 0.717) is 39.3 Å². The Balaban J connectivity index is 1.79. The number of rotatable bonds is 7. The van der Waals surface area contributed by atoms with Gasteiger partial charge in [0.05, 0.1) is 27.0 Å². The first-order valence-corrected chi connectivity index (χ1v) is 9.24. The summed E-state index contributed by atoms with van der Waals surface area (Å²) >= 11 is 1.34. The van der Waals surface area contributed by atoms with Crippen LogP contribution >= 0.6 is 11.8 Å². The first-order chi connectivity index (χ1) is 13.5. The maximum atomic E-state index is 13.3. The van der Waals surface area contributed by atoms with E-state index in [1.165, 1.54) is 31.0 Å². The molecular weight excluding hydrogens is 386 g/mol. The molecule has 146 valence electrons. The molecule has 0 N–H and O–H groups in total. The van der Waals surface area contributed by atoms with Crippen molar-refractivity contribution in [1.29, 1.82) is 0 Å². The number of methoxy groups -OCH3 is 3. The fourth-order valence-electron chi connectivity index (χ4n) is 2.63. The average Bonchev–Trinajstić information content (AvgIpc) is 2.70. The Morgan fingerprint density at radius 1 is 0.821 bits per heavy atom. The zero-order valence-electron chi connectivity index (χ0n) is 15.5. The van der Waals surface area contributed by atoms with Crippen molar-refractivity contribution in [2.24, 2.45) is 0 Å². The van der Waals surface area contributed by atoms with Crippen LogP contribution in [0.15, 0.2) is 47.5 Å². The van der Waals surface area contributed by atoms with Crippen LogP contribution in [-0.4, -0.2) is 31.5 Å². The number of benzene rings is 2. The molecule has 0 radical (unpaired) electrons. The van der Waals surface area contributed by atoms with Crippen molar-refractivity contribution in [3.63, 3.8) is 0 Å². The molecule has 0 aliphatic heterocycles. The van der Waals surface area contributed by atoms with E-state index in [1.54, 1.807) is 32.4 Å². The minimum atomic E-state index is -0.598. The van der Waals surface area contributed by atoms with E-state index in [9.17, 15) is 8.78 Å². The third-order valence-corrected chi connectivity index (χ3v) is 4.90. The standard InChI is InChI=1S/C20H18F2N2O3S/c1-25-17-8-13(9-18(26-2)20(17)27-3)16-4-5-19(24-23-16)28-11-12-6-14(21)10-15(22)7-12/h4-10H,11H2,1-3H3. The highest BCUT2D eigenvalue weighted by Crippen LogP contribution is 2.40. The molecule has 8 heteroatoms. The molecule has 1 heterocycles. The van der Waals surface area contributed by atoms with Gasteiger partial charge in [0, 0.05) is 17.4 Å². The van der Waals surface area contributed by atoms with E-state index in [1.807, 2.05) is 6.07 Å². The summed E-state index contributed by atoms with van der Waals surface area (Å²) in [6, 6.07) is 10.6. The molecule has 0 saturated carbocycles. The molecular formula is C20H18F2N2O3S. The van der Waals surface area contributed by atoms with Gasteiger partial charge in [0.2, 0.25) is 5.75 Å². The predicted octanol–water partition coefficient (Wildman–Crippen LogP) is 4.74. The topological polar surface area (TPSA) is 53.5 Å². The van der Waals surface area contributed by atoms with Crippen molar-refractivity contribution in [3.05, 3.63) is 59.7 Å². The summed E-state index contributed by atoms with van der Waals surface area (Å²) in [7, 11) is 4.62. The van der Waals surface area contributed by atoms with Gasteiger partial charge < -0.3 is 14.2 Å². The van der Waals surface area contributed by atoms with Gasteiger partial charge in [-0.2, -0.15) is 0 Å². The summed E-state index contributed by atoms with van der Waals surface area (Å²) in [4.78, 5) is 0. The van der Waals surface area contributed by atoms with Crippen LogP contribution in [0.3, 0.4) is 0 Å². The third-order valence-electron chi connectivity index (χ3n) is 3.91. The predicted molar refractivity (Wildman–Crippen MR) is 103 cm³/mol. The lowest BCUT2D eigenvalue weighted by Crippen LogP contribution is -1.97. The molecule has 0 aliphatic carbocycles. The molecule has 0 fully saturated rings. The Morgan fingerprint density at radius 3 is 1.96 bits per heavy atom. The van der Waals surface area contributed by atoms with Crippen molar-refractivity contribution in [2.45, 2.75) is 10.8 Å². The Morgan fingerprint density at radius 2 is 1.46 bits per heavy atom. The number of hydrogen-bond acceptors (Lipinski definition) is 6. The molecule has 0 aliphatic rings. The summed E-state index contributed by atoms with van der Waals surface area (Å²) in [5, 5.41) is 9.05. The van der Waals surface area contributed by atoms with E-state index in [0.717, 1.165) is 11.6 Å². The van der Waals surface area contributed by atoms with Crippen molar-refractivity contribution >= 4 is 11.8 Å². The Bertz CT molecular complexity index is 923. The SMILES string of the molecule is COc1cc(-c2ccc(SCc3cc(F)cc(F)c3)nn2)cc(OC)c1OC. The van der Waals surface area contributed by atoms with Gasteiger partial charge in [-0.05, 0) is 42.0 Å². The number of halogens is 2. The molecule has 3 rings (SSSR count). The highest BCUT2D eigenvalue weighted by molar-refractivity contribution is 7.98. The Hall–Kier alpha value is -2.87. The maximum absolute atomic E-state index is 13.3. The highest BCUT2D eigenvalue weighted by atomic mass is 32.2. The van der Waals surface area contributed by atoms with Crippen LogP contribution in [0.4, 0.5) is 8.78 Å². The van der Waals surface area contributed by atoms with Crippen LogP contribution in [0.1, 0.15) is 5.56 Å². The van der Waals surface area contributed by atoms with E-state index < -0.39 is 11.6 Å². The summed E-state index contributed by atoms with van der Waals surface area (Å²) in [5.74, 6) is 0.720. The minimum Gasteiger partial charge on any atom is -0.493 e. The van der Waals surface area contributed by atoms with Crippen LogP contribution in [0, 0.1) is 11.6 Å². The number of hydrogen-bond donors (Lipinski definition) is 0. The molecule has 28 heavy (non-hydrogen) atoms. The van der Waals surface area contributed by atoms with E-state index in [2.05, 4.69) is 10.2 Å². The Labute approximate surface area is 165 Å². The second-order valence-electron chi connectivity index (χ2n) is 5.74. The van der Waals surface area contributed by atoms with E-state index >= 15 is 0 Å². The monoisotopic (exact) mass is 404 g/mol. The van der Waals surface area contributed by atoms with Crippen LogP contribution in [-0.2, 0) is 5.75 Å². The normalized spacial score (nSPS) is 10.6. The fourth-order valence-corrected chi connectivity index (χ4v) is 3.38. The van der Waals surface area contributed by atoms with Crippen LogP contribution in [0.25, 0.3) is 11.3 Å². The van der Waals surface area contributed by atoms with E-state index in [4.69, 9.17) is 14.2 Å². The summed E-state index contributed by atoms with van der Waals surface area (Å²) in [6.07, 6.45) is 0. The minimum absolute atomic E-state index is 0.382. The quantitative estimate of drug-likeness (QED) is 0.530. The van der Waals surface area contributed by atoms with Gasteiger partial charge in [0.1, 0.15) is 16.7 Å². The number of thioether (sulfide) groups is 1. The van der Waals surface area contributed by atoms with Gasteiger partial charge in [0.15, 0.2) is 11.5 Å². The second kappa shape index (κ2) is 8.88. The number of ether oxygens (including phenoxy) is 3. The number of aromatic nitrogens is 2. The van der Waals surface area contributed by atoms with E-state index in [-0.39, 0.29) is 0 Å². The van der Waals surface area contributed by atoms with Gasteiger partial charge in [-0.15, -0.1) is 10.2 Å². The van der Waals surface area contributed by atoms with Crippen molar-refractivity contribution in [1.82, 2.24) is 10.2 Å². The fraction of sp³-hybridized carbons (Fsp3) is 0.200. The highest BCUT2D eigenvalue weighted by Gasteiger charge is 2.15. The lowest BCUT2D eigenvalue weighted by Gasteiger charge is -2.13. The van der Waals surface area contributed by atoms with Gasteiger partial charge in [-0.3, -0.25) is 0 Å². The molecule has 0 atom stereocenters. The molecule has 3 aromatic rings. The van der Waals surface area contributed by atoms with Crippen molar-refractivity contribution in [2.75, 3.05) is 21.3 Å². The molecule has 5 nitrogen and oxygen atoms in total. The first kappa shape index (κ1) is 19.9. The van der Waals surface area contributed by atoms with Gasteiger partial charge >= 0.3 is 0 Å². The molecule has 1 aromatic heterocycles. The van der Waals surface area contributed by atoms with Crippen LogP contribution in [0.5, 0.6) is 17.2 Å². The molecule has 2 aromatic carbocycles. The maximum Gasteiger partial charge on any atom is 0.203 e. The van der Waals surface area contributed by atoms with Crippen LogP contribution in [0.2, 0.25) is 0 Å². The van der Waals surface area contributed by atoms with Gasteiger partial charge in [-0.25, -0.2) is 8.78 Å². The van der Waals surface area contributed by atoms with Gasteiger partial charge in [0.25, 0.3) is 0 Å². The molecule has 0 amide bonds. The zero-order valence-corrected chi connectivity index (χ0v) is 16.3. The summed E-state index contributed by atoms with van der Waals surface area (Å²) < 4.78 is 42.6. The molecule has 0 saturated heterocycles. The lowest BCUT2D eigenvalue weighted by atomic mass is 10.1. The Kier molecular flexibility index (Phi) is 6.30. The second-order valence-corrected chi connectivity index (χ2v) is 6.73.